The summed E-state index contributed by atoms with van der Waals surface area (Å²) in [6.07, 6.45) is 4.38. The Morgan fingerprint density at radius 1 is 1.18 bits per heavy atom. The number of carbonyl (C=O) groups excluding carboxylic acids is 1. The molecule has 1 aliphatic rings. The summed E-state index contributed by atoms with van der Waals surface area (Å²) in [6.45, 7) is 3.57. The fourth-order valence-corrected chi connectivity index (χ4v) is 4.60. The number of carboxylic acid groups (broad SMARTS) is 1. The molecule has 0 aromatic carbocycles. The summed E-state index contributed by atoms with van der Waals surface area (Å²) in [5.74, 6) is -0.509. The first kappa shape index (κ1) is 29.4. The Bertz CT molecular complexity index is 1050. The molecule has 2 aromatic heterocycles. The first-order valence-corrected chi connectivity index (χ1v) is 13.4. The number of aromatic nitrogens is 2. The molecule has 9 nitrogen and oxygen atoms in total. The third kappa shape index (κ3) is 9.64. The average Bonchev–Trinajstić information content (AvgIpc) is 2.91. The quantitative estimate of drug-likeness (QED) is 0.284. The van der Waals surface area contributed by atoms with Gasteiger partial charge in [-0.15, -0.1) is 0 Å². The Labute approximate surface area is 224 Å². The Balaban J connectivity index is 1.50. The van der Waals surface area contributed by atoms with E-state index in [0.29, 0.717) is 25.3 Å². The number of aryl methyl sites for hydroxylation is 3. The number of hydrogen-bond donors (Lipinski definition) is 3. The second kappa shape index (κ2) is 15.3. The first-order valence-electron chi connectivity index (χ1n) is 13.4. The Hall–Kier alpha value is -3.11. The smallest absolute Gasteiger partial charge is 0.326 e. The fraction of sp³-hybridized carbons (Fsp3) is 0.571. The highest BCUT2D eigenvalue weighted by Gasteiger charge is 2.22. The van der Waals surface area contributed by atoms with Crippen LogP contribution < -0.4 is 10.6 Å². The van der Waals surface area contributed by atoms with E-state index < -0.39 is 30.7 Å². The predicted octanol–water partition coefficient (Wildman–Crippen LogP) is 2.95. The molecule has 0 spiro atoms. The number of rotatable bonds is 16. The van der Waals surface area contributed by atoms with Crippen LogP contribution in [0.1, 0.15) is 48.3 Å². The van der Waals surface area contributed by atoms with Crippen molar-refractivity contribution in [1.82, 2.24) is 20.2 Å². The van der Waals surface area contributed by atoms with Crippen molar-refractivity contribution in [3.8, 4) is 0 Å². The van der Waals surface area contributed by atoms with Gasteiger partial charge in [-0.05, 0) is 75.8 Å². The lowest BCUT2D eigenvalue weighted by atomic mass is 10.1. The van der Waals surface area contributed by atoms with Crippen molar-refractivity contribution in [3.05, 3.63) is 53.0 Å². The van der Waals surface area contributed by atoms with Crippen LogP contribution in [-0.2, 0) is 33.6 Å². The van der Waals surface area contributed by atoms with Crippen LogP contribution in [0.3, 0.4) is 0 Å². The summed E-state index contributed by atoms with van der Waals surface area (Å²) in [7, 11) is 1.47. The van der Waals surface area contributed by atoms with Crippen molar-refractivity contribution in [3.63, 3.8) is 0 Å². The highest BCUT2D eigenvalue weighted by molar-refractivity contribution is 5.84. The maximum atomic E-state index is 13.4. The molecule has 1 aliphatic heterocycles. The molecule has 0 bridgehead atoms. The molecule has 2 atom stereocenters. The third-order valence-corrected chi connectivity index (χ3v) is 6.73. The van der Waals surface area contributed by atoms with Crippen LogP contribution in [0.2, 0.25) is 0 Å². The lowest BCUT2D eigenvalue weighted by Gasteiger charge is -2.27. The third-order valence-electron chi connectivity index (χ3n) is 6.73. The molecule has 38 heavy (non-hydrogen) atoms. The molecule has 0 saturated heterocycles. The number of carboxylic acids is 1. The maximum absolute atomic E-state index is 13.4. The number of halogens is 1. The number of aliphatic carboxylic acids is 1. The molecule has 0 fully saturated rings. The lowest BCUT2D eigenvalue weighted by Crippen LogP contribution is -2.45. The fourth-order valence-electron chi connectivity index (χ4n) is 4.60. The van der Waals surface area contributed by atoms with Gasteiger partial charge in [0.05, 0.1) is 12.5 Å². The average molecular weight is 530 g/mol. The first-order chi connectivity index (χ1) is 18.4. The summed E-state index contributed by atoms with van der Waals surface area (Å²) >= 11 is 0. The van der Waals surface area contributed by atoms with Gasteiger partial charge >= 0.3 is 5.97 Å². The summed E-state index contributed by atoms with van der Waals surface area (Å²) in [5, 5.41) is 15.7. The molecule has 3 heterocycles. The van der Waals surface area contributed by atoms with Crippen LogP contribution in [0.25, 0.3) is 0 Å². The van der Waals surface area contributed by atoms with Gasteiger partial charge in [0.1, 0.15) is 18.5 Å². The number of ether oxygens (including phenoxy) is 1. The summed E-state index contributed by atoms with van der Waals surface area (Å²) in [6, 6.07) is 8.57. The van der Waals surface area contributed by atoms with Crippen molar-refractivity contribution >= 4 is 17.7 Å². The van der Waals surface area contributed by atoms with E-state index in [1.54, 1.807) is 6.07 Å². The van der Waals surface area contributed by atoms with Gasteiger partial charge in [0.2, 0.25) is 5.91 Å². The molecule has 3 N–H and O–H groups in total. The van der Waals surface area contributed by atoms with E-state index >= 15 is 0 Å². The zero-order chi connectivity index (χ0) is 27.3. The Morgan fingerprint density at radius 3 is 2.76 bits per heavy atom. The number of unbranched alkanes of at least 4 members (excludes halogenated alkanes) is 1. The van der Waals surface area contributed by atoms with E-state index in [4.69, 9.17) is 9.72 Å². The minimum absolute atomic E-state index is 0.00895. The van der Waals surface area contributed by atoms with Crippen LogP contribution in [0.15, 0.2) is 30.3 Å². The molecule has 0 unspecified atom stereocenters. The zero-order valence-corrected chi connectivity index (χ0v) is 22.4. The van der Waals surface area contributed by atoms with Gasteiger partial charge in [-0.2, -0.15) is 0 Å². The number of fused-ring (bicyclic) bond motifs is 1. The van der Waals surface area contributed by atoms with Crippen LogP contribution >= 0.6 is 0 Å². The minimum Gasteiger partial charge on any atom is -0.480 e. The van der Waals surface area contributed by atoms with Gasteiger partial charge in [0, 0.05) is 43.8 Å². The van der Waals surface area contributed by atoms with Crippen LogP contribution in [0, 0.1) is 6.92 Å². The van der Waals surface area contributed by atoms with E-state index in [-0.39, 0.29) is 12.8 Å². The normalized spacial score (nSPS) is 14.4. The van der Waals surface area contributed by atoms with Gasteiger partial charge in [0.25, 0.3) is 0 Å². The van der Waals surface area contributed by atoms with Crippen molar-refractivity contribution in [2.45, 2.75) is 64.0 Å². The molecule has 208 valence electrons. The number of alkyl halides is 1. The second-order valence-corrected chi connectivity index (χ2v) is 9.80. The number of amides is 1. The molecule has 10 heteroatoms. The van der Waals surface area contributed by atoms with Crippen molar-refractivity contribution < 1.29 is 23.8 Å². The van der Waals surface area contributed by atoms with Gasteiger partial charge in [-0.1, -0.05) is 12.1 Å². The highest BCUT2D eigenvalue weighted by Crippen LogP contribution is 2.20. The second-order valence-electron chi connectivity index (χ2n) is 9.80. The molecule has 0 aliphatic carbocycles. The molecule has 2 aromatic rings. The SMILES string of the molecule is CO[C@H](CF)CN(CCCCc1ccc2c(n1)NCCC2)CC[C@H](NC(=O)Cc1cccc(C)n1)C(=O)O. The van der Waals surface area contributed by atoms with E-state index in [2.05, 4.69) is 27.8 Å². The summed E-state index contributed by atoms with van der Waals surface area (Å²) in [4.78, 5) is 35.4. The minimum atomic E-state index is -1.10. The van der Waals surface area contributed by atoms with Gasteiger partial charge < -0.3 is 25.4 Å². The lowest BCUT2D eigenvalue weighted by molar-refractivity contribution is -0.142. The van der Waals surface area contributed by atoms with Crippen LogP contribution in [-0.4, -0.2) is 84.0 Å². The van der Waals surface area contributed by atoms with Crippen molar-refractivity contribution in [2.24, 2.45) is 0 Å². The summed E-state index contributed by atoms with van der Waals surface area (Å²) < 4.78 is 18.6. The van der Waals surface area contributed by atoms with E-state index in [1.807, 2.05) is 24.0 Å². The molecule has 0 saturated carbocycles. The molecule has 0 radical (unpaired) electrons. The number of pyridine rings is 2. The largest absolute Gasteiger partial charge is 0.480 e. The van der Waals surface area contributed by atoms with Crippen molar-refractivity contribution in [2.75, 3.05) is 45.3 Å². The number of hydrogen-bond acceptors (Lipinski definition) is 7. The number of nitrogens with one attached hydrogen (secondary N) is 2. The zero-order valence-electron chi connectivity index (χ0n) is 22.4. The van der Waals surface area contributed by atoms with Crippen LogP contribution in [0.5, 0.6) is 0 Å². The Kier molecular flexibility index (Phi) is 11.9. The van der Waals surface area contributed by atoms with Gasteiger partial charge in [-0.3, -0.25) is 9.78 Å². The Morgan fingerprint density at radius 2 is 2.03 bits per heavy atom. The van der Waals surface area contributed by atoms with Gasteiger partial charge in [-0.25, -0.2) is 14.2 Å². The van der Waals surface area contributed by atoms with Gasteiger partial charge in [0.15, 0.2) is 0 Å². The molecule has 1 amide bonds. The standard InChI is InChI=1S/C28H40FN5O4/c1-20-7-5-10-23(31-20)17-26(35)33-25(28(36)37)13-16-34(19-24(18-29)38-2)15-4-3-9-22-12-11-21-8-6-14-30-27(21)32-22/h5,7,10-12,24-25H,3-4,6,8-9,13-19H2,1-2H3,(H,30,32)(H,33,35)(H,36,37)/t24-,25+/m1/s1. The van der Waals surface area contributed by atoms with Crippen molar-refractivity contribution in [1.29, 1.82) is 0 Å². The van der Waals surface area contributed by atoms with Crippen LogP contribution in [0.4, 0.5) is 10.2 Å². The molecule has 3 rings (SSSR count). The highest BCUT2D eigenvalue weighted by atomic mass is 19.1. The monoisotopic (exact) mass is 529 g/mol. The maximum Gasteiger partial charge on any atom is 0.326 e. The van der Waals surface area contributed by atoms with E-state index in [1.165, 1.54) is 12.7 Å². The molecular formula is C28H40FN5O4. The summed E-state index contributed by atoms with van der Waals surface area (Å²) in [5.41, 5.74) is 3.68. The number of methoxy groups -OCH3 is 1. The number of anilines is 1. The molecular weight excluding hydrogens is 489 g/mol. The van der Waals surface area contributed by atoms with E-state index in [9.17, 15) is 19.1 Å². The topological polar surface area (TPSA) is 117 Å². The predicted molar refractivity (Wildman–Crippen MR) is 144 cm³/mol. The van der Waals surface area contributed by atoms with E-state index in [0.717, 1.165) is 55.9 Å². The number of carbonyl (C=O) groups is 2. The number of nitrogens with zero attached hydrogens (tertiary/aromatic N) is 3.